The number of anilines is 1. The molecule has 3 aromatic carbocycles. The van der Waals surface area contributed by atoms with Gasteiger partial charge in [0.25, 0.3) is 5.91 Å². The van der Waals surface area contributed by atoms with E-state index in [2.05, 4.69) is 62.3 Å². The molecule has 0 radical (unpaired) electrons. The second kappa shape index (κ2) is 8.65. The summed E-state index contributed by atoms with van der Waals surface area (Å²) < 4.78 is 5.74. The number of hydrazone groups is 1. The van der Waals surface area contributed by atoms with E-state index in [9.17, 15) is 4.79 Å². The lowest BCUT2D eigenvalue weighted by Crippen LogP contribution is -2.45. The molecule has 166 valence electrons. The summed E-state index contributed by atoms with van der Waals surface area (Å²) in [5.74, 6) is 0.862. The van der Waals surface area contributed by atoms with Crippen molar-refractivity contribution in [1.29, 1.82) is 0 Å². The van der Waals surface area contributed by atoms with Gasteiger partial charge in [-0.05, 0) is 73.4 Å². The number of ether oxygens (including phenoxy) is 1. The standard InChI is InChI=1S/C27H31N3O2/c1-18-13-24-23(19(2)15-27(3,4)30(24)5)14-21(18)16-28-29-26(31)17-32-25-12-8-10-20-9-6-7-11-22(20)25/h6-14,16,19H,15,17H2,1-5H3,(H,29,31)/b28-16+/t19-/m0/s1. The lowest BCUT2D eigenvalue weighted by molar-refractivity contribution is -0.123. The molecule has 1 heterocycles. The van der Waals surface area contributed by atoms with Crippen molar-refractivity contribution in [1.82, 2.24) is 5.43 Å². The predicted octanol–water partition coefficient (Wildman–Crippen LogP) is 5.40. The highest BCUT2D eigenvalue weighted by atomic mass is 16.5. The summed E-state index contributed by atoms with van der Waals surface area (Å²) in [5.41, 5.74) is 7.46. The number of rotatable bonds is 5. The quantitative estimate of drug-likeness (QED) is 0.436. The summed E-state index contributed by atoms with van der Waals surface area (Å²) in [6.07, 6.45) is 2.82. The SMILES string of the molecule is Cc1cc2c(cc1/C=N/NC(=O)COc1cccc3ccccc13)[C@@H](C)CC(C)(C)N2C. The molecule has 5 nitrogen and oxygen atoms in total. The van der Waals surface area contributed by atoms with Crippen molar-refractivity contribution in [2.24, 2.45) is 5.10 Å². The maximum atomic E-state index is 12.3. The molecule has 0 saturated heterocycles. The minimum Gasteiger partial charge on any atom is -0.483 e. The Bertz CT molecular complexity index is 1180. The fourth-order valence-electron chi connectivity index (χ4n) is 4.54. The molecule has 1 aliphatic rings. The predicted molar refractivity (Wildman–Crippen MR) is 132 cm³/mol. The maximum Gasteiger partial charge on any atom is 0.277 e. The Morgan fingerprint density at radius 1 is 1.22 bits per heavy atom. The van der Waals surface area contributed by atoms with E-state index in [0.29, 0.717) is 11.7 Å². The van der Waals surface area contributed by atoms with Crippen molar-refractivity contribution in [2.75, 3.05) is 18.6 Å². The van der Waals surface area contributed by atoms with Crippen LogP contribution >= 0.6 is 0 Å². The first-order valence-electron chi connectivity index (χ1n) is 11.1. The van der Waals surface area contributed by atoms with Crippen LogP contribution in [0.1, 0.15) is 49.8 Å². The van der Waals surface area contributed by atoms with Gasteiger partial charge in [-0.3, -0.25) is 4.79 Å². The van der Waals surface area contributed by atoms with Crippen molar-refractivity contribution in [3.63, 3.8) is 0 Å². The molecule has 0 aromatic heterocycles. The van der Waals surface area contributed by atoms with Crippen LogP contribution in [-0.4, -0.2) is 31.3 Å². The molecule has 1 aliphatic heterocycles. The summed E-state index contributed by atoms with van der Waals surface area (Å²) in [5, 5.41) is 6.24. The number of nitrogens with zero attached hydrogens (tertiary/aromatic N) is 2. The number of amides is 1. The van der Waals surface area contributed by atoms with Gasteiger partial charge in [0.1, 0.15) is 5.75 Å². The monoisotopic (exact) mass is 429 g/mol. The summed E-state index contributed by atoms with van der Waals surface area (Å²) >= 11 is 0. The Hall–Kier alpha value is -3.34. The Morgan fingerprint density at radius 3 is 2.78 bits per heavy atom. The zero-order chi connectivity index (χ0) is 22.9. The fourth-order valence-corrected chi connectivity index (χ4v) is 4.54. The van der Waals surface area contributed by atoms with E-state index in [1.165, 1.54) is 11.3 Å². The van der Waals surface area contributed by atoms with Crippen LogP contribution in [0.5, 0.6) is 5.75 Å². The second-order valence-electron chi connectivity index (χ2n) is 9.30. The maximum absolute atomic E-state index is 12.3. The van der Waals surface area contributed by atoms with Crippen molar-refractivity contribution >= 4 is 28.6 Å². The molecule has 4 rings (SSSR count). The van der Waals surface area contributed by atoms with Gasteiger partial charge in [-0.2, -0.15) is 5.10 Å². The number of carbonyl (C=O) groups excluding carboxylic acids is 1. The van der Waals surface area contributed by atoms with Crippen LogP contribution in [0, 0.1) is 6.92 Å². The van der Waals surface area contributed by atoms with Gasteiger partial charge in [0.15, 0.2) is 6.61 Å². The third kappa shape index (κ3) is 4.33. The van der Waals surface area contributed by atoms with Crippen LogP contribution in [0.25, 0.3) is 10.8 Å². The van der Waals surface area contributed by atoms with Crippen LogP contribution in [-0.2, 0) is 4.79 Å². The Labute approximate surface area is 190 Å². The van der Waals surface area contributed by atoms with Crippen molar-refractivity contribution in [3.8, 4) is 5.75 Å². The minimum atomic E-state index is -0.292. The molecule has 0 fully saturated rings. The minimum absolute atomic E-state index is 0.0918. The van der Waals surface area contributed by atoms with E-state index in [1.807, 2.05) is 42.5 Å². The van der Waals surface area contributed by atoms with Gasteiger partial charge >= 0.3 is 0 Å². The van der Waals surface area contributed by atoms with Gasteiger partial charge in [-0.25, -0.2) is 5.43 Å². The highest BCUT2D eigenvalue weighted by molar-refractivity contribution is 5.89. The highest BCUT2D eigenvalue weighted by Gasteiger charge is 2.34. The lowest BCUT2D eigenvalue weighted by Gasteiger charge is -2.45. The number of hydrogen-bond donors (Lipinski definition) is 1. The summed E-state index contributed by atoms with van der Waals surface area (Å²) in [6.45, 7) is 8.83. The van der Waals surface area contributed by atoms with Crippen molar-refractivity contribution < 1.29 is 9.53 Å². The number of nitrogens with one attached hydrogen (secondary N) is 1. The molecule has 0 unspecified atom stereocenters. The summed E-state index contributed by atoms with van der Waals surface area (Å²) in [7, 11) is 2.16. The number of aryl methyl sites for hydroxylation is 1. The molecular weight excluding hydrogens is 398 g/mol. The number of fused-ring (bicyclic) bond motifs is 2. The van der Waals surface area contributed by atoms with Gasteiger partial charge in [-0.15, -0.1) is 0 Å². The topological polar surface area (TPSA) is 53.9 Å². The first-order valence-corrected chi connectivity index (χ1v) is 11.1. The van der Waals surface area contributed by atoms with E-state index in [4.69, 9.17) is 4.74 Å². The number of benzene rings is 3. The third-order valence-electron chi connectivity index (χ3n) is 6.52. The second-order valence-corrected chi connectivity index (χ2v) is 9.30. The lowest BCUT2D eigenvalue weighted by atomic mass is 9.79. The average molecular weight is 430 g/mol. The van der Waals surface area contributed by atoms with E-state index < -0.39 is 0 Å². The highest BCUT2D eigenvalue weighted by Crippen LogP contribution is 2.43. The van der Waals surface area contributed by atoms with E-state index in [1.54, 1.807) is 6.21 Å². The molecular formula is C27H31N3O2. The molecule has 3 aromatic rings. The molecule has 5 heteroatoms. The normalized spacial score (nSPS) is 17.4. The summed E-state index contributed by atoms with van der Waals surface area (Å²) in [4.78, 5) is 14.6. The Kier molecular flexibility index (Phi) is 5.92. The number of hydrogen-bond acceptors (Lipinski definition) is 4. The van der Waals surface area contributed by atoms with Gasteiger partial charge in [-0.1, -0.05) is 43.3 Å². The molecule has 0 spiro atoms. The molecule has 1 N–H and O–H groups in total. The van der Waals surface area contributed by atoms with Crippen LogP contribution in [0.3, 0.4) is 0 Å². The van der Waals surface area contributed by atoms with Gasteiger partial charge < -0.3 is 9.64 Å². The first-order chi connectivity index (χ1) is 15.3. The van der Waals surface area contributed by atoms with Crippen LogP contribution < -0.4 is 15.1 Å². The molecule has 0 aliphatic carbocycles. The first kappa shape index (κ1) is 21.9. The fraction of sp³-hybridized carbons (Fsp3) is 0.333. The largest absolute Gasteiger partial charge is 0.483 e. The number of carbonyl (C=O) groups is 1. The van der Waals surface area contributed by atoms with Gasteiger partial charge in [0.2, 0.25) is 0 Å². The Balaban J connectivity index is 1.42. The molecule has 1 atom stereocenters. The zero-order valence-electron chi connectivity index (χ0n) is 19.5. The van der Waals surface area contributed by atoms with E-state index in [0.717, 1.165) is 28.3 Å². The molecule has 1 amide bonds. The van der Waals surface area contributed by atoms with Crippen molar-refractivity contribution in [3.05, 3.63) is 71.3 Å². The van der Waals surface area contributed by atoms with Crippen molar-refractivity contribution in [2.45, 2.75) is 45.6 Å². The zero-order valence-corrected chi connectivity index (χ0v) is 19.5. The van der Waals surface area contributed by atoms with E-state index >= 15 is 0 Å². The van der Waals surface area contributed by atoms with Gasteiger partial charge in [0.05, 0.1) is 6.21 Å². The van der Waals surface area contributed by atoms with E-state index in [-0.39, 0.29) is 18.1 Å². The van der Waals surface area contributed by atoms with Crippen LogP contribution in [0.4, 0.5) is 5.69 Å². The van der Waals surface area contributed by atoms with Gasteiger partial charge in [0, 0.05) is 23.7 Å². The average Bonchev–Trinajstić information content (AvgIpc) is 2.76. The smallest absolute Gasteiger partial charge is 0.277 e. The van der Waals surface area contributed by atoms with Crippen LogP contribution in [0.15, 0.2) is 59.7 Å². The van der Waals surface area contributed by atoms with Crippen LogP contribution in [0.2, 0.25) is 0 Å². The molecule has 0 bridgehead atoms. The summed E-state index contributed by atoms with van der Waals surface area (Å²) in [6, 6.07) is 18.2. The third-order valence-corrected chi connectivity index (χ3v) is 6.52. The molecule has 32 heavy (non-hydrogen) atoms. The Morgan fingerprint density at radius 2 is 1.97 bits per heavy atom. The molecule has 0 saturated carbocycles.